The topological polar surface area (TPSA) is 20.2 Å². The van der Waals surface area contributed by atoms with Crippen LogP contribution in [-0.4, -0.2) is 11.2 Å². The van der Waals surface area contributed by atoms with Crippen LogP contribution < -0.4 is 0 Å². The van der Waals surface area contributed by atoms with E-state index in [9.17, 15) is 5.11 Å². The lowest BCUT2D eigenvalue weighted by Gasteiger charge is -2.13. The predicted octanol–water partition coefficient (Wildman–Crippen LogP) is 3.79. The standard InChI is InChI=1S/C13H19BrO/c1-10(2)7-8-12(15)9-11-5-3-4-6-13(11)14/h3-6,10,12,15H,7-9H2,1-2H3. The quantitative estimate of drug-likeness (QED) is 0.863. The van der Waals surface area contributed by atoms with Gasteiger partial charge in [-0.3, -0.25) is 0 Å². The van der Waals surface area contributed by atoms with E-state index in [1.54, 1.807) is 0 Å². The minimum atomic E-state index is -0.217. The average molecular weight is 271 g/mol. The van der Waals surface area contributed by atoms with E-state index in [-0.39, 0.29) is 6.10 Å². The molecule has 15 heavy (non-hydrogen) atoms. The first kappa shape index (κ1) is 12.7. The molecule has 0 aliphatic heterocycles. The van der Waals surface area contributed by atoms with Crippen LogP contribution in [0.4, 0.5) is 0 Å². The molecule has 2 heteroatoms. The maximum atomic E-state index is 9.86. The highest BCUT2D eigenvalue weighted by molar-refractivity contribution is 9.10. The van der Waals surface area contributed by atoms with Crippen molar-refractivity contribution in [1.29, 1.82) is 0 Å². The first-order chi connectivity index (χ1) is 7.09. The van der Waals surface area contributed by atoms with Gasteiger partial charge < -0.3 is 5.11 Å². The fourth-order valence-electron chi connectivity index (χ4n) is 1.55. The molecule has 0 heterocycles. The Morgan fingerprint density at radius 1 is 1.20 bits per heavy atom. The van der Waals surface area contributed by atoms with Gasteiger partial charge in [0.1, 0.15) is 0 Å². The molecule has 0 saturated carbocycles. The third-order valence-electron chi connectivity index (χ3n) is 2.49. The van der Waals surface area contributed by atoms with Gasteiger partial charge in [-0.05, 0) is 36.8 Å². The fourth-order valence-corrected chi connectivity index (χ4v) is 1.99. The van der Waals surface area contributed by atoms with Gasteiger partial charge in [0.15, 0.2) is 0 Å². The highest BCUT2D eigenvalue weighted by Gasteiger charge is 2.08. The van der Waals surface area contributed by atoms with Gasteiger partial charge in [0.25, 0.3) is 0 Å². The highest BCUT2D eigenvalue weighted by atomic mass is 79.9. The van der Waals surface area contributed by atoms with Crippen molar-refractivity contribution in [3.05, 3.63) is 34.3 Å². The summed E-state index contributed by atoms with van der Waals surface area (Å²) in [4.78, 5) is 0. The molecule has 1 atom stereocenters. The Kier molecular flexibility index (Phi) is 5.34. The molecule has 0 aliphatic rings. The summed E-state index contributed by atoms with van der Waals surface area (Å²) in [5.74, 6) is 0.666. The lowest BCUT2D eigenvalue weighted by molar-refractivity contribution is 0.156. The van der Waals surface area contributed by atoms with Crippen LogP contribution in [0.2, 0.25) is 0 Å². The van der Waals surface area contributed by atoms with Gasteiger partial charge in [-0.15, -0.1) is 0 Å². The zero-order chi connectivity index (χ0) is 11.3. The zero-order valence-corrected chi connectivity index (χ0v) is 11.0. The number of halogens is 1. The molecule has 0 aliphatic carbocycles. The number of benzene rings is 1. The summed E-state index contributed by atoms with van der Waals surface area (Å²) in [6.45, 7) is 4.37. The van der Waals surface area contributed by atoms with Crippen LogP contribution in [0.1, 0.15) is 32.3 Å². The molecular weight excluding hydrogens is 252 g/mol. The number of rotatable bonds is 5. The predicted molar refractivity (Wildman–Crippen MR) is 67.9 cm³/mol. The molecule has 1 rings (SSSR count). The van der Waals surface area contributed by atoms with E-state index < -0.39 is 0 Å². The van der Waals surface area contributed by atoms with Gasteiger partial charge in [-0.2, -0.15) is 0 Å². The molecule has 1 unspecified atom stereocenters. The largest absolute Gasteiger partial charge is 0.393 e. The second kappa shape index (κ2) is 6.29. The molecule has 84 valence electrons. The molecular formula is C13H19BrO. The van der Waals surface area contributed by atoms with E-state index in [0.29, 0.717) is 5.92 Å². The van der Waals surface area contributed by atoms with E-state index in [2.05, 4.69) is 35.8 Å². The Morgan fingerprint density at radius 3 is 2.47 bits per heavy atom. The smallest absolute Gasteiger partial charge is 0.0581 e. The van der Waals surface area contributed by atoms with Crippen LogP contribution in [0.15, 0.2) is 28.7 Å². The summed E-state index contributed by atoms with van der Waals surface area (Å²) >= 11 is 3.49. The van der Waals surface area contributed by atoms with Crippen LogP contribution >= 0.6 is 15.9 Å². The molecule has 0 radical (unpaired) electrons. The SMILES string of the molecule is CC(C)CCC(O)Cc1ccccc1Br. The van der Waals surface area contributed by atoms with Crippen molar-refractivity contribution < 1.29 is 5.11 Å². The minimum Gasteiger partial charge on any atom is -0.393 e. The number of aliphatic hydroxyl groups excluding tert-OH is 1. The summed E-state index contributed by atoms with van der Waals surface area (Å²) in [7, 11) is 0. The summed E-state index contributed by atoms with van der Waals surface area (Å²) in [6, 6.07) is 8.08. The molecule has 1 N–H and O–H groups in total. The average Bonchev–Trinajstić information content (AvgIpc) is 2.18. The van der Waals surface area contributed by atoms with Crippen molar-refractivity contribution in [2.75, 3.05) is 0 Å². The Hall–Kier alpha value is -0.340. The Bertz CT molecular complexity index is 296. The van der Waals surface area contributed by atoms with Crippen LogP contribution in [0, 0.1) is 5.92 Å². The summed E-state index contributed by atoms with van der Waals surface area (Å²) in [6.07, 6.45) is 2.50. The third-order valence-corrected chi connectivity index (χ3v) is 3.26. The molecule has 0 fully saturated rings. The Labute approximate surface area is 101 Å². The van der Waals surface area contributed by atoms with Crippen LogP contribution in [0.3, 0.4) is 0 Å². The van der Waals surface area contributed by atoms with Crippen molar-refractivity contribution in [2.45, 2.75) is 39.2 Å². The maximum Gasteiger partial charge on any atom is 0.0581 e. The van der Waals surface area contributed by atoms with Crippen LogP contribution in [-0.2, 0) is 6.42 Å². The molecule has 1 aromatic carbocycles. The lowest BCUT2D eigenvalue weighted by Crippen LogP contribution is -2.11. The lowest BCUT2D eigenvalue weighted by atomic mass is 10.00. The normalized spacial score (nSPS) is 13.1. The van der Waals surface area contributed by atoms with Gasteiger partial charge in [0.2, 0.25) is 0 Å². The maximum absolute atomic E-state index is 9.86. The first-order valence-electron chi connectivity index (χ1n) is 5.51. The molecule has 1 aromatic rings. The van der Waals surface area contributed by atoms with Gasteiger partial charge in [-0.25, -0.2) is 0 Å². The molecule has 0 aromatic heterocycles. The minimum absolute atomic E-state index is 0.217. The van der Waals surface area contributed by atoms with Crippen molar-refractivity contribution in [3.63, 3.8) is 0 Å². The van der Waals surface area contributed by atoms with Crippen LogP contribution in [0.5, 0.6) is 0 Å². The highest BCUT2D eigenvalue weighted by Crippen LogP contribution is 2.19. The summed E-state index contributed by atoms with van der Waals surface area (Å²) < 4.78 is 1.09. The fraction of sp³-hybridized carbons (Fsp3) is 0.538. The monoisotopic (exact) mass is 270 g/mol. The van der Waals surface area contributed by atoms with Crippen molar-refractivity contribution in [2.24, 2.45) is 5.92 Å². The van der Waals surface area contributed by atoms with Crippen LogP contribution in [0.25, 0.3) is 0 Å². The van der Waals surface area contributed by atoms with E-state index in [1.165, 1.54) is 5.56 Å². The van der Waals surface area contributed by atoms with E-state index in [0.717, 1.165) is 23.7 Å². The van der Waals surface area contributed by atoms with Gasteiger partial charge >= 0.3 is 0 Å². The van der Waals surface area contributed by atoms with E-state index >= 15 is 0 Å². The Balaban J connectivity index is 2.44. The second-order valence-electron chi connectivity index (χ2n) is 4.42. The van der Waals surface area contributed by atoms with Gasteiger partial charge in [0.05, 0.1) is 6.10 Å². The Morgan fingerprint density at radius 2 is 1.87 bits per heavy atom. The molecule has 0 spiro atoms. The number of hydrogen-bond donors (Lipinski definition) is 1. The summed E-state index contributed by atoms with van der Waals surface area (Å²) in [5.41, 5.74) is 1.19. The zero-order valence-electron chi connectivity index (χ0n) is 9.41. The van der Waals surface area contributed by atoms with E-state index in [1.807, 2.05) is 18.2 Å². The second-order valence-corrected chi connectivity index (χ2v) is 5.27. The van der Waals surface area contributed by atoms with Gasteiger partial charge in [0, 0.05) is 4.47 Å². The van der Waals surface area contributed by atoms with E-state index in [4.69, 9.17) is 0 Å². The van der Waals surface area contributed by atoms with Crippen molar-refractivity contribution >= 4 is 15.9 Å². The number of hydrogen-bond acceptors (Lipinski definition) is 1. The first-order valence-corrected chi connectivity index (χ1v) is 6.30. The van der Waals surface area contributed by atoms with Crippen molar-refractivity contribution in [1.82, 2.24) is 0 Å². The molecule has 0 bridgehead atoms. The molecule has 0 amide bonds. The molecule has 1 nitrogen and oxygen atoms in total. The van der Waals surface area contributed by atoms with Gasteiger partial charge in [-0.1, -0.05) is 48.0 Å². The third kappa shape index (κ3) is 4.80. The number of aliphatic hydroxyl groups is 1. The van der Waals surface area contributed by atoms with Crippen molar-refractivity contribution in [3.8, 4) is 0 Å². The molecule has 0 saturated heterocycles. The summed E-state index contributed by atoms with van der Waals surface area (Å²) in [5, 5.41) is 9.86.